The normalized spacial score (nSPS) is 12.6. The van der Waals surface area contributed by atoms with Crippen LogP contribution in [0.25, 0.3) is 0 Å². The molecule has 0 unspecified atom stereocenters. The van der Waals surface area contributed by atoms with E-state index in [-0.39, 0.29) is 30.9 Å². The molecule has 2 aromatic carbocycles. The molecule has 1 N–H and O–H groups in total. The monoisotopic (exact) mass is 456 g/mol. The van der Waals surface area contributed by atoms with Crippen molar-refractivity contribution in [2.24, 2.45) is 0 Å². The summed E-state index contributed by atoms with van der Waals surface area (Å²) in [6.45, 7) is 5.04. The Hall–Kier alpha value is -3.42. The van der Waals surface area contributed by atoms with E-state index in [1.54, 1.807) is 42.3 Å². The first-order valence-electron chi connectivity index (χ1n) is 11.3. The summed E-state index contributed by atoms with van der Waals surface area (Å²) < 4.78 is 22.1. The van der Waals surface area contributed by atoms with Gasteiger partial charge in [0.2, 0.25) is 5.91 Å². The first-order chi connectivity index (χ1) is 16.0. The molecule has 8 heteroatoms. The van der Waals surface area contributed by atoms with Gasteiger partial charge in [-0.2, -0.15) is 0 Å². The largest absolute Gasteiger partial charge is 0.493 e. The van der Waals surface area contributed by atoms with Gasteiger partial charge in [-0.15, -0.1) is 0 Å². The molecule has 1 fully saturated rings. The Labute approximate surface area is 194 Å². The number of nitrogens with one attached hydrogen (secondary N) is 1. The smallest absolute Gasteiger partial charge is 0.260 e. The van der Waals surface area contributed by atoms with Gasteiger partial charge in [-0.25, -0.2) is 0 Å². The number of hydrogen-bond donors (Lipinski definition) is 1. The van der Waals surface area contributed by atoms with Crippen LogP contribution in [0.1, 0.15) is 33.1 Å². The molecular weight excluding hydrogens is 424 g/mol. The molecule has 33 heavy (non-hydrogen) atoms. The van der Waals surface area contributed by atoms with E-state index < -0.39 is 0 Å². The molecule has 0 heterocycles. The Morgan fingerprint density at radius 3 is 2.27 bits per heavy atom. The number of carbonyl (C=O) groups is 2. The summed E-state index contributed by atoms with van der Waals surface area (Å²) in [4.78, 5) is 27.1. The lowest BCUT2D eigenvalue weighted by Crippen LogP contribution is -2.38. The van der Waals surface area contributed by atoms with Crippen LogP contribution < -0.4 is 24.3 Å². The Balaban J connectivity index is 1.54. The molecular formula is C25H32N2O6. The standard InChI is InChI=1S/C25H32N2O6/c1-4-31-22-13-10-18(16-23(22)32-5-2)26-24(28)14-15-27(19-11-12-19)25(29)17-33-21-9-7-6-8-20(21)30-3/h6-10,13,16,19H,4-5,11-12,14-15,17H2,1-3H3,(H,26,28). The van der Waals surface area contributed by atoms with Gasteiger partial charge in [-0.3, -0.25) is 9.59 Å². The molecule has 8 nitrogen and oxygen atoms in total. The van der Waals surface area contributed by atoms with E-state index in [2.05, 4.69) is 5.32 Å². The molecule has 0 saturated heterocycles. The predicted molar refractivity (Wildman–Crippen MR) is 125 cm³/mol. The number of methoxy groups -OCH3 is 1. The second-order valence-corrected chi connectivity index (χ2v) is 7.58. The van der Waals surface area contributed by atoms with Crippen molar-refractivity contribution in [1.29, 1.82) is 0 Å². The van der Waals surface area contributed by atoms with Gasteiger partial charge in [0.15, 0.2) is 29.6 Å². The zero-order valence-corrected chi connectivity index (χ0v) is 19.5. The summed E-state index contributed by atoms with van der Waals surface area (Å²) >= 11 is 0. The van der Waals surface area contributed by atoms with Crippen LogP contribution in [0.2, 0.25) is 0 Å². The summed E-state index contributed by atoms with van der Waals surface area (Å²) in [5.74, 6) is 1.99. The van der Waals surface area contributed by atoms with E-state index in [1.807, 2.05) is 26.0 Å². The molecule has 3 rings (SSSR count). The van der Waals surface area contributed by atoms with Gasteiger partial charge in [-0.05, 0) is 51.0 Å². The van der Waals surface area contributed by atoms with Crippen molar-refractivity contribution in [1.82, 2.24) is 4.90 Å². The minimum absolute atomic E-state index is 0.102. The molecule has 178 valence electrons. The van der Waals surface area contributed by atoms with Crippen molar-refractivity contribution in [2.45, 2.75) is 39.2 Å². The lowest BCUT2D eigenvalue weighted by Gasteiger charge is -2.22. The van der Waals surface area contributed by atoms with Gasteiger partial charge in [0.05, 0.1) is 20.3 Å². The molecule has 0 aromatic heterocycles. The molecule has 0 aliphatic heterocycles. The third kappa shape index (κ3) is 7.03. The maximum atomic E-state index is 12.8. The highest BCUT2D eigenvalue weighted by Crippen LogP contribution is 2.31. The molecule has 1 aliphatic carbocycles. The second-order valence-electron chi connectivity index (χ2n) is 7.58. The van der Waals surface area contributed by atoms with E-state index in [1.165, 1.54) is 0 Å². The van der Waals surface area contributed by atoms with Crippen molar-refractivity contribution >= 4 is 17.5 Å². The van der Waals surface area contributed by atoms with E-state index in [0.29, 0.717) is 48.4 Å². The minimum atomic E-state index is -0.175. The molecule has 1 aliphatic rings. The number of rotatable bonds is 13. The number of ether oxygens (including phenoxy) is 4. The Kier molecular flexibility index (Phi) is 8.80. The number of nitrogens with zero attached hydrogens (tertiary/aromatic N) is 1. The van der Waals surface area contributed by atoms with Crippen LogP contribution in [0, 0.1) is 0 Å². The fourth-order valence-corrected chi connectivity index (χ4v) is 3.43. The average Bonchev–Trinajstić information content (AvgIpc) is 3.65. The zero-order valence-electron chi connectivity index (χ0n) is 19.5. The highest BCUT2D eigenvalue weighted by molar-refractivity contribution is 5.91. The number of anilines is 1. The van der Waals surface area contributed by atoms with E-state index in [9.17, 15) is 9.59 Å². The van der Waals surface area contributed by atoms with Crippen molar-refractivity contribution in [3.8, 4) is 23.0 Å². The van der Waals surface area contributed by atoms with Crippen LogP contribution in [0.15, 0.2) is 42.5 Å². The lowest BCUT2D eigenvalue weighted by atomic mass is 10.2. The van der Waals surface area contributed by atoms with Gasteiger partial charge in [0, 0.05) is 30.8 Å². The average molecular weight is 457 g/mol. The third-order valence-corrected chi connectivity index (χ3v) is 5.14. The summed E-state index contributed by atoms with van der Waals surface area (Å²) in [6.07, 6.45) is 2.07. The topological polar surface area (TPSA) is 86.3 Å². The number of benzene rings is 2. The van der Waals surface area contributed by atoms with Crippen LogP contribution in [-0.4, -0.2) is 56.2 Å². The molecule has 1 saturated carbocycles. The van der Waals surface area contributed by atoms with E-state index in [0.717, 1.165) is 12.8 Å². The number of hydrogen-bond acceptors (Lipinski definition) is 6. The number of carbonyl (C=O) groups excluding carboxylic acids is 2. The highest BCUT2D eigenvalue weighted by Gasteiger charge is 2.32. The van der Waals surface area contributed by atoms with Gasteiger partial charge >= 0.3 is 0 Å². The van der Waals surface area contributed by atoms with Crippen molar-refractivity contribution < 1.29 is 28.5 Å². The molecule has 2 amide bonds. The first kappa shape index (κ1) is 24.2. The lowest BCUT2D eigenvalue weighted by molar-refractivity contribution is -0.134. The van der Waals surface area contributed by atoms with Crippen LogP contribution >= 0.6 is 0 Å². The van der Waals surface area contributed by atoms with E-state index >= 15 is 0 Å². The molecule has 0 bridgehead atoms. The molecule has 0 spiro atoms. The number of amides is 2. The summed E-state index contributed by atoms with van der Waals surface area (Å²) in [5, 5.41) is 2.88. The van der Waals surface area contributed by atoms with Gasteiger partial charge < -0.3 is 29.2 Å². The first-order valence-corrected chi connectivity index (χ1v) is 11.3. The van der Waals surface area contributed by atoms with Crippen LogP contribution in [0.3, 0.4) is 0 Å². The van der Waals surface area contributed by atoms with Crippen molar-refractivity contribution in [3.63, 3.8) is 0 Å². The van der Waals surface area contributed by atoms with Crippen molar-refractivity contribution in [3.05, 3.63) is 42.5 Å². The third-order valence-electron chi connectivity index (χ3n) is 5.14. The quantitative estimate of drug-likeness (QED) is 0.492. The Bertz CT molecular complexity index is 944. The SMILES string of the molecule is CCOc1ccc(NC(=O)CCN(C(=O)COc2ccccc2OC)C2CC2)cc1OCC. The predicted octanol–water partition coefficient (Wildman–Crippen LogP) is 3.89. The fraction of sp³-hybridized carbons (Fsp3) is 0.440. The number of para-hydroxylation sites is 2. The van der Waals surface area contributed by atoms with E-state index in [4.69, 9.17) is 18.9 Å². The maximum absolute atomic E-state index is 12.8. The minimum Gasteiger partial charge on any atom is -0.493 e. The van der Waals surface area contributed by atoms with Gasteiger partial charge in [0.1, 0.15) is 0 Å². The summed E-state index contributed by atoms with van der Waals surface area (Å²) in [7, 11) is 1.56. The van der Waals surface area contributed by atoms with Gasteiger partial charge in [0.25, 0.3) is 5.91 Å². The molecule has 0 radical (unpaired) electrons. The molecule has 2 aromatic rings. The van der Waals surface area contributed by atoms with Gasteiger partial charge in [-0.1, -0.05) is 12.1 Å². The highest BCUT2D eigenvalue weighted by atomic mass is 16.5. The van der Waals surface area contributed by atoms with Crippen LogP contribution in [0.4, 0.5) is 5.69 Å². The summed E-state index contributed by atoms with van der Waals surface area (Å²) in [6, 6.07) is 12.7. The maximum Gasteiger partial charge on any atom is 0.260 e. The van der Waals surface area contributed by atoms with Crippen molar-refractivity contribution in [2.75, 3.05) is 38.8 Å². The Morgan fingerprint density at radius 1 is 0.939 bits per heavy atom. The van der Waals surface area contributed by atoms with Crippen LogP contribution in [0.5, 0.6) is 23.0 Å². The fourth-order valence-electron chi connectivity index (χ4n) is 3.43. The zero-order chi connectivity index (χ0) is 23.6. The molecule has 0 atom stereocenters. The Morgan fingerprint density at radius 2 is 1.61 bits per heavy atom. The summed E-state index contributed by atoms with van der Waals surface area (Å²) in [5.41, 5.74) is 0.621. The second kappa shape index (κ2) is 12.0. The van der Waals surface area contributed by atoms with Crippen LogP contribution in [-0.2, 0) is 9.59 Å².